The highest BCUT2D eigenvalue weighted by Gasteiger charge is 2.16. The molecule has 0 atom stereocenters. The monoisotopic (exact) mass is 568 g/mol. The van der Waals surface area contributed by atoms with Crippen LogP contribution in [0.4, 0.5) is 11.4 Å². The first kappa shape index (κ1) is 29.2. The Kier molecular flexibility index (Phi) is 9.45. The van der Waals surface area contributed by atoms with Gasteiger partial charge in [-0.3, -0.25) is 19.6 Å². The van der Waals surface area contributed by atoms with Crippen molar-refractivity contribution in [2.45, 2.75) is 27.3 Å². The number of hydrogen-bond acceptors (Lipinski definition) is 9. The number of fused-ring (bicyclic) bond motifs is 1. The Balaban J connectivity index is 1.47. The topological polar surface area (TPSA) is 92.9 Å². The van der Waals surface area contributed by atoms with Crippen LogP contribution in [0.15, 0.2) is 71.8 Å². The number of nitrogens with zero attached hydrogens (tertiary/aromatic N) is 7. The molecule has 2 aromatic carbocycles. The van der Waals surface area contributed by atoms with Crippen molar-refractivity contribution in [3.8, 4) is 22.8 Å². The maximum atomic E-state index is 5.58. The Morgan fingerprint density at radius 1 is 0.976 bits per heavy atom. The molecule has 220 valence electrons. The molecule has 42 heavy (non-hydrogen) atoms. The highest BCUT2D eigenvalue weighted by molar-refractivity contribution is 5.83. The van der Waals surface area contributed by atoms with Gasteiger partial charge in [0.2, 0.25) is 0 Å². The summed E-state index contributed by atoms with van der Waals surface area (Å²) in [7, 11) is 3.32. The van der Waals surface area contributed by atoms with Crippen LogP contribution in [0.3, 0.4) is 0 Å². The molecular weight excluding hydrogens is 528 g/mol. The number of anilines is 2. The second kappa shape index (κ2) is 13.6. The molecule has 0 aliphatic carbocycles. The molecule has 3 heterocycles. The molecule has 1 aliphatic rings. The number of aliphatic imine (C=N–C) groups is 1. The van der Waals surface area contributed by atoms with Crippen LogP contribution < -0.4 is 19.7 Å². The lowest BCUT2D eigenvalue weighted by molar-refractivity contribution is 0.229. The van der Waals surface area contributed by atoms with Crippen LogP contribution in [0, 0.1) is 0 Å². The second-order valence-electron chi connectivity index (χ2n) is 10.5. The minimum atomic E-state index is 0.552. The van der Waals surface area contributed by atoms with Crippen molar-refractivity contribution in [1.29, 1.82) is 0 Å². The predicted molar refractivity (Wildman–Crippen MR) is 169 cm³/mol. The maximum absolute atomic E-state index is 5.58. The molecule has 0 saturated carbocycles. The number of rotatable bonds is 11. The molecule has 1 N–H and O–H groups in total. The Hall–Kier alpha value is -4.28. The van der Waals surface area contributed by atoms with E-state index in [-0.39, 0.29) is 0 Å². The van der Waals surface area contributed by atoms with Crippen molar-refractivity contribution in [3.63, 3.8) is 0 Å². The number of piperazine rings is 1. The third kappa shape index (κ3) is 7.13. The zero-order chi connectivity index (χ0) is 29.5. The number of ether oxygens (including phenoxy) is 2. The predicted octanol–water partition coefficient (Wildman–Crippen LogP) is 4.94. The minimum absolute atomic E-state index is 0.552. The van der Waals surface area contributed by atoms with Crippen LogP contribution in [0.25, 0.3) is 22.3 Å². The molecule has 0 spiro atoms. The van der Waals surface area contributed by atoms with Crippen LogP contribution in [0.5, 0.6) is 11.5 Å². The molecule has 10 heteroatoms. The summed E-state index contributed by atoms with van der Waals surface area (Å²) < 4.78 is 13.2. The summed E-state index contributed by atoms with van der Waals surface area (Å²) in [4.78, 5) is 19.1. The minimum Gasteiger partial charge on any atom is -0.497 e. The maximum Gasteiger partial charge on any atom is 0.124 e. The number of methoxy groups -OCH3 is 2. The van der Waals surface area contributed by atoms with E-state index in [2.05, 4.69) is 38.5 Å². The summed E-state index contributed by atoms with van der Waals surface area (Å²) in [5, 5.41) is 8.00. The van der Waals surface area contributed by atoms with Gasteiger partial charge in [-0.25, -0.2) is 4.98 Å². The van der Waals surface area contributed by atoms with Gasteiger partial charge in [-0.15, -0.1) is 0 Å². The van der Waals surface area contributed by atoms with Gasteiger partial charge in [0.1, 0.15) is 11.5 Å². The van der Waals surface area contributed by atoms with Gasteiger partial charge in [0.15, 0.2) is 0 Å². The van der Waals surface area contributed by atoms with Gasteiger partial charge in [-0.2, -0.15) is 5.10 Å². The number of aromatic nitrogens is 4. The van der Waals surface area contributed by atoms with E-state index in [1.807, 2.05) is 68.2 Å². The van der Waals surface area contributed by atoms with E-state index in [4.69, 9.17) is 24.4 Å². The van der Waals surface area contributed by atoms with Crippen molar-refractivity contribution >= 4 is 28.1 Å². The van der Waals surface area contributed by atoms with E-state index in [9.17, 15) is 0 Å². The zero-order valence-electron chi connectivity index (χ0n) is 25.2. The van der Waals surface area contributed by atoms with Crippen molar-refractivity contribution in [2.75, 3.05) is 58.4 Å². The van der Waals surface area contributed by atoms with Crippen LogP contribution >= 0.6 is 0 Å². The quantitative estimate of drug-likeness (QED) is 0.255. The molecular formula is C32H40N8O2. The fourth-order valence-electron chi connectivity index (χ4n) is 5.02. The van der Waals surface area contributed by atoms with Gasteiger partial charge in [0.25, 0.3) is 0 Å². The van der Waals surface area contributed by atoms with E-state index in [1.165, 1.54) is 0 Å². The van der Waals surface area contributed by atoms with E-state index < -0.39 is 0 Å². The summed E-state index contributed by atoms with van der Waals surface area (Å²) in [5.74, 6) is 1.42. The summed E-state index contributed by atoms with van der Waals surface area (Å²) in [5.41, 5.74) is 7.19. The summed E-state index contributed by atoms with van der Waals surface area (Å²) >= 11 is 0. The second-order valence-corrected chi connectivity index (χ2v) is 10.5. The first-order chi connectivity index (χ1) is 20.4. The summed E-state index contributed by atoms with van der Waals surface area (Å²) in [6.45, 7) is 12.6. The Morgan fingerprint density at radius 2 is 1.74 bits per heavy atom. The molecule has 0 bridgehead atoms. The average Bonchev–Trinajstić information content (AvgIpc) is 3.50. The smallest absolute Gasteiger partial charge is 0.124 e. The van der Waals surface area contributed by atoms with Gasteiger partial charge in [0.05, 0.1) is 62.1 Å². The van der Waals surface area contributed by atoms with Crippen LogP contribution in [0.2, 0.25) is 0 Å². The van der Waals surface area contributed by atoms with E-state index in [1.54, 1.807) is 14.2 Å². The first-order valence-electron chi connectivity index (χ1n) is 14.4. The Bertz CT molecular complexity index is 1550. The number of nitrogens with one attached hydrogen (secondary N) is 1. The fourth-order valence-corrected chi connectivity index (χ4v) is 5.02. The SMILES string of the molecule is C/C=C(/CN(c1cc(OC)cc(OC)c1)c1ccc2ncc(-c3cnn(CCN4CCNCC4)c3)nc2c1)N=C(C)C. The molecule has 1 fully saturated rings. The lowest BCUT2D eigenvalue weighted by Gasteiger charge is -2.26. The molecule has 4 aromatic rings. The van der Waals surface area contributed by atoms with Crippen molar-refractivity contribution < 1.29 is 9.47 Å². The summed E-state index contributed by atoms with van der Waals surface area (Å²) in [6, 6.07) is 12.0. The number of hydrogen-bond donors (Lipinski definition) is 1. The van der Waals surface area contributed by atoms with Crippen LogP contribution in [0.1, 0.15) is 20.8 Å². The van der Waals surface area contributed by atoms with Gasteiger partial charge in [-0.1, -0.05) is 6.08 Å². The molecule has 1 saturated heterocycles. The van der Waals surface area contributed by atoms with E-state index in [0.717, 1.165) is 84.3 Å². The van der Waals surface area contributed by atoms with Crippen molar-refractivity contribution in [1.82, 2.24) is 30.0 Å². The summed E-state index contributed by atoms with van der Waals surface area (Å²) in [6.07, 6.45) is 7.78. The third-order valence-corrected chi connectivity index (χ3v) is 7.29. The lowest BCUT2D eigenvalue weighted by atomic mass is 10.1. The third-order valence-electron chi connectivity index (χ3n) is 7.29. The zero-order valence-corrected chi connectivity index (χ0v) is 25.2. The van der Waals surface area contributed by atoms with Crippen molar-refractivity contribution in [3.05, 3.63) is 66.8 Å². The van der Waals surface area contributed by atoms with Crippen molar-refractivity contribution in [2.24, 2.45) is 4.99 Å². The normalized spacial score (nSPS) is 14.2. The fraction of sp³-hybridized carbons (Fsp3) is 0.375. The Morgan fingerprint density at radius 3 is 2.43 bits per heavy atom. The van der Waals surface area contributed by atoms with Gasteiger partial charge >= 0.3 is 0 Å². The van der Waals surface area contributed by atoms with E-state index in [0.29, 0.717) is 18.0 Å². The lowest BCUT2D eigenvalue weighted by Crippen LogP contribution is -2.44. The molecule has 2 aromatic heterocycles. The molecule has 0 amide bonds. The highest BCUT2D eigenvalue weighted by atomic mass is 16.5. The van der Waals surface area contributed by atoms with E-state index >= 15 is 0 Å². The highest BCUT2D eigenvalue weighted by Crippen LogP contribution is 2.35. The molecule has 0 radical (unpaired) electrons. The Labute approximate surface area is 247 Å². The van der Waals surface area contributed by atoms with Crippen LogP contribution in [-0.2, 0) is 6.54 Å². The first-order valence-corrected chi connectivity index (χ1v) is 14.4. The van der Waals surface area contributed by atoms with Gasteiger partial charge in [0, 0.05) is 79.8 Å². The standard InChI is InChI=1S/C32H40N8O2/c1-6-25(36-23(2)3)22-40(27-15-28(41-4)18-29(16-27)42-5)26-7-8-30-31(17-26)37-32(20-34-30)24-19-35-39(21-24)14-13-38-11-9-33-10-12-38/h6-8,15-21,33H,9-14,22H2,1-5H3/b25-6-. The van der Waals surface area contributed by atoms with Gasteiger partial charge in [-0.05, 0) is 39.0 Å². The van der Waals surface area contributed by atoms with Crippen LogP contribution in [-0.4, -0.2) is 83.8 Å². The molecule has 0 unspecified atom stereocenters. The van der Waals surface area contributed by atoms with Gasteiger partial charge < -0.3 is 19.7 Å². The molecule has 10 nitrogen and oxygen atoms in total. The number of allylic oxidation sites excluding steroid dienone is 1. The largest absolute Gasteiger partial charge is 0.497 e. The molecule has 5 rings (SSSR count). The molecule has 1 aliphatic heterocycles. The number of benzene rings is 2. The average molecular weight is 569 g/mol.